The summed E-state index contributed by atoms with van der Waals surface area (Å²) in [7, 11) is 0. The van der Waals surface area contributed by atoms with Crippen LogP contribution in [0.5, 0.6) is 0 Å². The lowest BCUT2D eigenvalue weighted by atomic mass is 10.2. The second-order valence-corrected chi connectivity index (χ2v) is 6.31. The zero-order valence-corrected chi connectivity index (χ0v) is 15.6. The molecule has 140 valence electrons. The SMILES string of the molecule is Cc1cc(C)n(-c2cc(NCCNC(=O)c3ccc(F)cc3Cl)ncn2)n1. The minimum absolute atomic E-state index is 0.0748. The van der Waals surface area contributed by atoms with Gasteiger partial charge in [-0.3, -0.25) is 4.79 Å². The predicted octanol–water partition coefficient (Wildman–Crippen LogP) is 2.91. The standard InChI is InChI=1S/C18H18ClFN6O/c1-11-7-12(2)26(25-11)17-9-16(23-10-24-17)21-5-6-22-18(27)14-4-3-13(20)8-15(14)19/h3-4,7-10H,5-6H2,1-2H3,(H,22,27)(H,21,23,24). The van der Waals surface area contributed by atoms with Crippen LogP contribution in [0.1, 0.15) is 21.7 Å². The summed E-state index contributed by atoms with van der Waals surface area (Å²) >= 11 is 5.88. The van der Waals surface area contributed by atoms with Crippen LogP contribution in [0.4, 0.5) is 10.2 Å². The molecule has 3 rings (SSSR count). The molecule has 1 aromatic carbocycles. The van der Waals surface area contributed by atoms with E-state index in [0.29, 0.717) is 24.7 Å². The van der Waals surface area contributed by atoms with Crippen LogP contribution in [0.15, 0.2) is 36.7 Å². The number of rotatable bonds is 6. The van der Waals surface area contributed by atoms with Crippen LogP contribution in [0.3, 0.4) is 0 Å². The number of benzene rings is 1. The number of halogens is 2. The molecule has 0 radical (unpaired) electrons. The number of aryl methyl sites for hydroxylation is 2. The van der Waals surface area contributed by atoms with Crippen LogP contribution in [-0.2, 0) is 0 Å². The number of nitrogens with one attached hydrogen (secondary N) is 2. The van der Waals surface area contributed by atoms with Crippen LogP contribution < -0.4 is 10.6 Å². The highest BCUT2D eigenvalue weighted by atomic mass is 35.5. The molecule has 0 aliphatic heterocycles. The Balaban J connectivity index is 1.56. The summed E-state index contributed by atoms with van der Waals surface area (Å²) < 4.78 is 14.8. The number of carbonyl (C=O) groups excluding carboxylic acids is 1. The first-order valence-corrected chi connectivity index (χ1v) is 8.64. The van der Waals surface area contributed by atoms with Crippen molar-refractivity contribution >= 4 is 23.3 Å². The maximum Gasteiger partial charge on any atom is 0.252 e. The summed E-state index contributed by atoms with van der Waals surface area (Å²) in [5, 5.41) is 10.3. The lowest BCUT2D eigenvalue weighted by Crippen LogP contribution is -2.29. The Morgan fingerprint density at radius 3 is 2.70 bits per heavy atom. The summed E-state index contributed by atoms with van der Waals surface area (Å²) in [5.74, 6) is 0.412. The van der Waals surface area contributed by atoms with Crippen molar-refractivity contribution in [3.63, 3.8) is 0 Å². The van der Waals surface area contributed by atoms with Crippen molar-refractivity contribution in [3.8, 4) is 5.82 Å². The highest BCUT2D eigenvalue weighted by molar-refractivity contribution is 6.33. The third-order valence-electron chi connectivity index (χ3n) is 3.77. The molecule has 2 aromatic heterocycles. The molecule has 0 atom stereocenters. The van der Waals surface area contributed by atoms with Gasteiger partial charge in [0, 0.05) is 24.8 Å². The molecule has 7 nitrogen and oxygen atoms in total. The normalized spacial score (nSPS) is 10.7. The van der Waals surface area contributed by atoms with Gasteiger partial charge >= 0.3 is 0 Å². The van der Waals surface area contributed by atoms with Gasteiger partial charge < -0.3 is 10.6 Å². The summed E-state index contributed by atoms with van der Waals surface area (Å²) in [4.78, 5) is 20.5. The monoisotopic (exact) mass is 388 g/mol. The summed E-state index contributed by atoms with van der Waals surface area (Å²) in [6.07, 6.45) is 1.45. The molecule has 0 bridgehead atoms. The molecule has 0 saturated heterocycles. The topological polar surface area (TPSA) is 84.7 Å². The quantitative estimate of drug-likeness (QED) is 0.634. The van der Waals surface area contributed by atoms with Crippen molar-refractivity contribution in [2.24, 2.45) is 0 Å². The van der Waals surface area contributed by atoms with Crippen molar-refractivity contribution in [1.29, 1.82) is 0 Å². The van der Waals surface area contributed by atoms with E-state index in [-0.39, 0.29) is 16.5 Å². The molecule has 2 heterocycles. The number of aromatic nitrogens is 4. The molecule has 0 fully saturated rings. The number of carbonyl (C=O) groups is 1. The van der Waals surface area contributed by atoms with Crippen LogP contribution in [-0.4, -0.2) is 38.7 Å². The largest absolute Gasteiger partial charge is 0.368 e. The number of hydrogen-bond donors (Lipinski definition) is 2. The van der Waals surface area contributed by atoms with Gasteiger partial charge in [0.25, 0.3) is 5.91 Å². The minimum Gasteiger partial charge on any atom is -0.368 e. The zero-order chi connectivity index (χ0) is 19.4. The van der Waals surface area contributed by atoms with Crippen LogP contribution >= 0.6 is 11.6 Å². The Kier molecular flexibility index (Phi) is 5.66. The summed E-state index contributed by atoms with van der Waals surface area (Å²) in [5.41, 5.74) is 2.11. The van der Waals surface area contributed by atoms with E-state index in [0.717, 1.165) is 17.5 Å². The third-order valence-corrected chi connectivity index (χ3v) is 4.08. The maximum atomic E-state index is 13.0. The van der Waals surface area contributed by atoms with Gasteiger partial charge in [0.2, 0.25) is 0 Å². The van der Waals surface area contributed by atoms with E-state index >= 15 is 0 Å². The van der Waals surface area contributed by atoms with Gasteiger partial charge in [0.15, 0.2) is 5.82 Å². The molecular formula is C18H18ClFN6O. The van der Waals surface area contributed by atoms with E-state index in [4.69, 9.17) is 11.6 Å². The van der Waals surface area contributed by atoms with Crippen molar-refractivity contribution in [1.82, 2.24) is 25.1 Å². The molecule has 2 N–H and O–H groups in total. The predicted molar refractivity (Wildman–Crippen MR) is 101 cm³/mol. The molecule has 27 heavy (non-hydrogen) atoms. The van der Waals surface area contributed by atoms with E-state index in [1.807, 2.05) is 19.9 Å². The number of hydrogen-bond acceptors (Lipinski definition) is 5. The Labute approximate surface area is 160 Å². The van der Waals surface area contributed by atoms with E-state index < -0.39 is 5.82 Å². The van der Waals surface area contributed by atoms with Crippen LogP contribution in [0.2, 0.25) is 5.02 Å². The van der Waals surface area contributed by atoms with E-state index in [2.05, 4.69) is 25.7 Å². The van der Waals surface area contributed by atoms with Gasteiger partial charge in [-0.1, -0.05) is 11.6 Å². The molecular weight excluding hydrogens is 371 g/mol. The maximum absolute atomic E-state index is 13.0. The van der Waals surface area contributed by atoms with Crippen molar-refractivity contribution in [2.45, 2.75) is 13.8 Å². The molecule has 9 heteroatoms. The van der Waals surface area contributed by atoms with Crippen molar-refractivity contribution < 1.29 is 9.18 Å². The van der Waals surface area contributed by atoms with Gasteiger partial charge in [-0.05, 0) is 38.1 Å². The Morgan fingerprint density at radius 1 is 1.19 bits per heavy atom. The van der Waals surface area contributed by atoms with Crippen molar-refractivity contribution in [2.75, 3.05) is 18.4 Å². The molecule has 0 unspecified atom stereocenters. The first-order valence-electron chi connectivity index (χ1n) is 8.27. The van der Waals surface area contributed by atoms with Crippen LogP contribution in [0, 0.1) is 19.7 Å². The second kappa shape index (κ2) is 8.13. The highest BCUT2D eigenvalue weighted by Gasteiger charge is 2.10. The summed E-state index contributed by atoms with van der Waals surface area (Å²) in [6.45, 7) is 4.65. The first-order chi connectivity index (χ1) is 12.9. The smallest absolute Gasteiger partial charge is 0.252 e. The molecule has 0 saturated carbocycles. The van der Waals surface area contributed by atoms with Gasteiger partial charge in [-0.15, -0.1) is 0 Å². The minimum atomic E-state index is -0.486. The van der Waals surface area contributed by atoms with E-state index in [9.17, 15) is 9.18 Å². The lowest BCUT2D eigenvalue weighted by molar-refractivity contribution is 0.0955. The fourth-order valence-corrected chi connectivity index (χ4v) is 2.81. The molecule has 1 amide bonds. The average molecular weight is 389 g/mol. The van der Waals surface area contributed by atoms with Crippen LogP contribution in [0.25, 0.3) is 5.82 Å². The Hall–Kier alpha value is -3.00. The Morgan fingerprint density at radius 2 is 2.00 bits per heavy atom. The molecule has 0 aliphatic rings. The third kappa shape index (κ3) is 4.59. The fraction of sp³-hybridized carbons (Fsp3) is 0.222. The Bertz CT molecular complexity index is 974. The van der Waals surface area contributed by atoms with E-state index in [1.54, 1.807) is 10.7 Å². The zero-order valence-electron chi connectivity index (χ0n) is 14.8. The number of nitrogens with zero attached hydrogens (tertiary/aromatic N) is 4. The molecule has 3 aromatic rings. The van der Waals surface area contributed by atoms with Gasteiger partial charge in [0.1, 0.15) is 18.0 Å². The average Bonchev–Trinajstić information content (AvgIpc) is 2.97. The second-order valence-electron chi connectivity index (χ2n) is 5.91. The van der Waals surface area contributed by atoms with E-state index in [1.165, 1.54) is 18.5 Å². The van der Waals surface area contributed by atoms with Gasteiger partial charge in [-0.2, -0.15) is 5.10 Å². The lowest BCUT2D eigenvalue weighted by Gasteiger charge is -2.09. The van der Waals surface area contributed by atoms with Gasteiger partial charge in [-0.25, -0.2) is 19.0 Å². The first kappa shape index (κ1) is 18.8. The highest BCUT2D eigenvalue weighted by Crippen LogP contribution is 2.17. The number of amides is 1. The number of anilines is 1. The summed E-state index contributed by atoms with van der Waals surface area (Å²) in [6, 6.07) is 7.39. The fourth-order valence-electron chi connectivity index (χ4n) is 2.56. The molecule has 0 spiro atoms. The van der Waals surface area contributed by atoms with Gasteiger partial charge in [0.05, 0.1) is 16.3 Å². The molecule has 0 aliphatic carbocycles. The van der Waals surface area contributed by atoms with Crippen molar-refractivity contribution in [3.05, 3.63) is 64.5 Å².